The maximum absolute atomic E-state index is 12.7. The third kappa shape index (κ3) is 6.53. The van der Waals surface area contributed by atoms with Crippen molar-refractivity contribution in [1.82, 2.24) is 19.8 Å². The lowest BCUT2D eigenvalue weighted by Crippen LogP contribution is -2.49. The quantitative estimate of drug-likeness (QED) is 0.347. The van der Waals surface area contributed by atoms with Gasteiger partial charge in [0.2, 0.25) is 5.91 Å². The average Bonchev–Trinajstić information content (AvgIpc) is 2.90. The van der Waals surface area contributed by atoms with E-state index in [0.717, 1.165) is 28.9 Å². The normalized spacial score (nSPS) is 15.2. The zero-order valence-electron chi connectivity index (χ0n) is 21.0. The van der Waals surface area contributed by atoms with Gasteiger partial charge in [0.15, 0.2) is 0 Å². The number of nitrogens with one attached hydrogen (secondary N) is 1. The topological polar surface area (TPSA) is 87.7 Å². The maximum Gasteiger partial charge on any atom is 0.328 e. The molecule has 36 heavy (non-hydrogen) atoms. The summed E-state index contributed by atoms with van der Waals surface area (Å²) in [7, 11) is 1.40. The van der Waals surface area contributed by atoms with Crippen LogP contribution in [-0.2, 0) is 20.9 Å². The number of hydrogen-bond donors (Lipinski definition) is 1. The molecular formula is C27H33N5O3S. The molecule has 1 amide bonds. The summed E-state index contributed by atoms with van der Waals surface area (Å²) in [5.41, 5.74) is 0.823. The van der Waals surface area contributed by atoms with E-state index in [9.17, 15) is 9.59 Å². The molecule has 0 bridgehead atoms. The second kappa shape index (κ2) is 12.2. The number of hydrogen-bond acceptors (Lipinski definition) is 8. The first-order valence-corrected chi connectivity index (χ1v) is 13.2. The molecular weight excluding hydrogens is 474 g/mol. The average molecular weight is 508 g/mol. The Hall–Kier alpha value is -3.17. The molecule has 0 unspecified atom stereocenters. The van der Waals surface area contributed by atoms with Crippen LogP contribution in [0.5, 0.6) is 0 Å². The minimum atomic E-state index is -0.510. The lowest BCUT2D eigenvalue weighted by Gasteiger charge is -2.34. The molecule has 0 aliphatic carbocycles. The predicted molar refractivity (Wildman–Crippen MR) is 143 cm³/mol. The first kappa shape index (κ1) is 25.9. The highest BCUT2D eigenvalue weighted by Crippen LogP contribution is 2.23. The zero-order chi connectivity index (χ0) is 25.5. The summed E-state index contributed by atoms with van der Waals surface area (Å²) in [6.07, 6.45) is 0. The Bertz CT molecular complexity index is 1180. The smallest absolute Gasteiger partial charge is 0.328 e. The molecule has 1 saturated heterocycles. The van der Waals surface area contributed by atoms with Gasteiger partial charge in [-0.2, -0.15) is 0 Å². The highest BCUT2D eigenvalue weighted by molar-refractivity contribution is 8.00. The number of piperazine rings is 1. The van der Waals surface area contributed by atoms with Crippen molar-refractivity contribution in [3.63, 3.8) is 0 Å². The fourth-order valence-corrected chi connectivity index (χ4v) is 5.01. The first-order valence-electron chi connectivity index (χ1n) is 12.2. The molecule has 1 N–H and O–H groups in total. The Morgan fingerprint density at radius 1 is 1.00 bits per heavy atom. The second-order valence-electron chi connectivity index (χ2n) is 9.15. The summed E-state index contributed by atoms with van der Waals surface area (Å²) in [4.78, 5) is 39.9. The number of fused-ring (bicyclic) bond motifs is 1. The number of thioether (sulfide) groups is 1. The van der Waals surface area contributed by atoms with Crippen LogP contribution in [0.1, 0.15) is 19.7 Å². The number of ether oxygens (including phenoxy) is 1. The van der Waals surface area contributed by atoms with E-state index in [1.54, 1.807) is 11.8 Å². The number of amides is 1. The summed E-state index contributed by atoms with van der Waals surface area (Å²) in [5, 5.41) is 4.16. The molecule has 1 atom stereocenters. The summed E-state index contributed by atoms with van der Waals surface area (Å²) in [5.74, 6) is 1.64. The Morgan fingerprint density at radius 3 is 2.39 bits per heavy atom. The fraction of sp³-hybridized carbons (Fsp3) is 0.407. The van der Waals surface area contributed by atoms with Gasteiger partial charge in [0.05, 0.1) is 24.9 Å². The molecule has 9 heteroatoms. The van der Waals surface area contributed by atoms with Crippen molar-refractivity contribution in [2.75, 3.05) is 44.4 Å². The van der Waals surface area contributed by atoms with E-state index in [1.165, 1.54) is 7.11 Å². The molecule has 3 aromatic rings. The molecule has 0 spiro atoms. The van der Waals surface area contributed by atoms with E-state index in [2.05, 4.69) is 10.2 Å². The number of carbonyl (C=O) groups is 2. The van der Waals surface area contributed by atoms with Crippen LogP contribution in [-0.4, -0.2) is 76.7 Å². The third-order valence-electron chi connectivity index (χ3n) is 6.26. The maximum atomic E-state index is 12.7. The van der Waals surface area contributed by atoms with Crippen LogP contribution in [0, 0.1) is 5.92 Å². The molecule has 1 aliphatic rings. The Morgan fingerprint density at radius 2 is 1.69 bits per heavy atom. The SMILES string of the molecule is COC(=O)[C@@H](Nc1nc(CN2CCN(C(=O)CSc3ccccc3)CC2)nc2ccccc12)C(C)C. The van der Waals surface area contributed by atoms with Crippen LogP contribution in [0.3, 0.4) is 0 Å². The number of para-hydroxylation sites is 1. The van der Waals surface area contributed by atoms with Crippen molar-refractivity contribution in [3.05, 3.63) is 60.4 Å². The van der Waals surface area contributed by atoms with E-state index in [0.29, 0.717) is 37.0 Å². The van der Waals surface area contributed by atoms with E-state index >= 15 is 0 Å². The molecule has 190 valence electrons. The molecule has 0 saturated carbocycles. The van der Waals surface area contributed by atoms with Gasteiger partial charge in [-0.1, -0.05) is 44.2 Å². The molecule has 2 heterocycles. The van der Waals surface area contributed by atoms with Crippen LogP contribution in [0.4, 0.5) is 5.82 Å². The number of benzene rings is 2. The second-order valence-corrected chi connectivity index (χ2v) is 10.2. The van der Waals surface area contributed by atoms with E-state index in [4.69, 9.17) is 14.7 Å². The number of esters is 1. The molecule has 1 fully saturated rings. The number of anilines is 1. The van der Waals surface area contributed by atoms with Crippen molar-refractivity contribution in [3.8, 4) is 0 Å². The van der Waals surface area contributed by atoms with Gasteiger partial charge in [-0.25, -0.2) is 14.8 Å². The van der Waals surface area contributed by atoms with Crippen LogP contribution in [0.2, 0.25) is 0 Å². The van der Waals surface area contributed by atoms with Gasteiger partial charge in [0, 0.05) is 36.5 Å². The lowest BCUT2D eigenvalue weighted by molar-refractivity contribution is -0.142. The molecule has 1 aromatic heterocycles. The summed E-state index contributed by atoms with van der Waals surface area (Å²) >= 11 is 1.57. The van der Waals surface area contributed by atoms with Crippen LogP contribution < -0.4 is 5.32 Å². The molecule has 1 aliphatic heterocycles. The van der Waals surface area contributed by atoms with Crippen molar-refractivity contribution in [2.24, 2.45) is 5.92 Å². The summed E-state index contributed by atoms with van der Waals surface area (Å²) in [6, 6.07) is 17.3. The monoisotopic (exact) mass is 507 g/mol. The molecule has 2 aromatic carbocycles. The van der Waals surface area contributed by atoms with Crippen molar-refractivity contribution < 1.29 is 14.3 Å². The van der Waals surface area contributed by atoms with Crippen LogP contribution in [0.25, 0.3) is 10.9 Å². The number of aromatic nitrogens is 2. The predicted octanol–water partition coefficient (Wildman–Crippen LogP) is 3.68. The van der Waals surface area contributed by atoms with Crippen molar-refractivity contribution in [1.29, 1.82) is 0 Å². The molecule has 8 nitrogen and oxygen atoms in total. The largest absolute Gasteiger partial charge is 0.467 e. The van der Waals surface area contributed by atoms with Gasteiger partial charge < -0.3 is 15.0 Å². The van der Waals surface area contributed by atoms with E-state index < -0.39 is 6.04 Å². The van der Waals surface area contributed by atoms with Gasteiger partial charge in [-0.3, -0.25) is 9.69 Å². The number of methoxy groups -OCH3 is 1. The van der Waals surface area contributed by atoms with Gasteiger partial charge >= 0.3 is 5.97 Å². The molecule has 4 rings (SSSR count). The minimum Gasteiger partial charge on any atom is -0.467 e. The third-order valence-corrected chi connectivity index (χ3v) is 7.26. The van der Waals surface area contributed by atoms with E-state index in [1.807, 2.05) is 73.3 Å². The van der Waals surface area contributed by atoms with Crippen LogP contribution >= 0.6 is 11.8 Å². The summed E-state index contributed by atoms with van der Waals surface area (Å²) in [6.45, 7) is 7.41. The zero-order valence-corrected chi connectivity index (χ0v) is 21.8. The Labute approximate surface area is 216 Å². The summed E-state index contributed by atoms with van der Waals surface area (Å²) < 4.78 is 4.99. The Kier molecular flexibility index (Phi) is 8.77. The van der Waals surface area contributed by atoms with Crippen molar-refractivity contribution >= 4 is 40.4 Å². The van der Waals surface area contributed by atoms with Gasteiger partial charge in [-0.05, 0) is 30.2 Å². The first-order chi connectivity index (χ1) is 17.4. The lowest BCUT2D eigenvalue weighted by atomic mass is 10.0. The van der Waals surface area contributed by atoms with Gasteiger partial charge in [0.25, 0.3) is 0 Å². The fourth-order valence-electron chi connectivity index (χ4n) is 4.19. The van der Waals surface area contributed by atoms with Crippen molar-refractivity contribution in [2.45, 2.75) is 31.3 Å². The minimum absolute atomic E-state index is 0.0281. The standard InChI is InChI=1S/C27H33N5O3S/c1-19(2)25(27(34)35-3)30-26-21-11-7-8-12-22(21)28-23(29-26)17-31-13-15-32(16-14-31)24(33)18-36-20-9-5-4-6-10-20/h4-12,19,25H,13-18H2,1-3H3,(H,28,29,30)/t25-/m0/s1. The van der Waals surface area contributed by atoms with Crippen LogP contribution in [0.15, 0.2) is 59.5 Å². The number of rotatable bonds is 9. The number of nitrogens with zero attached hydrogens (tertiary/aromatic N) is 4. The van der Waals surface area contributed by atoms with Gasteiger partial charge in [-0.15, -0.1) is 11.8 Å². The number of carbonyl (C=O) groups excluding carboxylic acids is 2. The highest BCUT2D eigenvalue weighted by atomic mass is 32.2. The van der Waals surface area contributed by atoms with E-state index in [-0.39, 0.29) is 17.8 Å². The molecule has 0 radical (unpaired) electrons. The Balaban J connectivity index is 1.40. The van der Waals surface area contributed by atoms with Gasteiger partial charge in [0.1, 0.15) is 17.7 Å². The highest BCUT2D eigenvalue weighted by Gasteiger charge is 2.25.